The monoisotopic (exact) mass is 251 g/mol. The normalized spacial score (nSPS) is 27.0. The molecule has 0 saturated heterocycles. The van der Waals surface area contributed by atoms with Gasteiger partial charge in [0.05, 0.1) is 7.11 Å². The molecule has 6 nitrogen and oxygen atoms in total. The summed E-state index contributed by atoms with van der Waals surface area (Å²) >= 11 is 0. The van der Waals surface area contributed by atoms with Gasteiger partial charge in [-0.15, -0.1) is 0 Å². The van der Waals surface area contributed by atoms with Gasteiger partial charge in [0, 0.05) is 6.04 Å². The lowest BCUT2D eigenvalue weighted by Gasteiger charge is -2.21. The highest BCUT2D eigenvalue weighted by molar-refractivity contribution is 5.63. The Labute approximate surface area is 107 Å². The lowest BCUT2D eigenvalue weighted by Crippen LogP contribution is -2.25. The van der Waals surface area contributed by atoms with Gasteiger partial charge in [0.15, 0.2) is 11.6 Å². The van der Waals surface area contributed by atoms with E-state index in [2.05, 4.69) is 34.6 Å². The molecular weight excluding hydrogens is 230 g/mol. The number of rotatable bonds is 4. The number of nitrogens with two attached hydrogens (primary N) is 1. The van der Waals surface area contributed by atoms with Crippen molar-refractivity contribution in [1.82, 2.24) is 9.97 Å². The molecule has 18 heavy (non-hydrogen) atoms. The first-order valence-corrected chi connectivity index (χ1v) is 6.29. The van der Waals surface area contributed by atoms with Crippen molar-refractivity contribution >= 4 is 11.6 Å². The van der Waals surface area contributed by atoms with Gasteiger partial charge in [0.2, 0.25) is 5.75 Å². The summed E-state index contributed by atoms with van der Waals surface area (Å²) in [4.78, 5) is 8.26. The molecule has 1 aromatic heterocycles. The summed E-state index contributed by atoms with van der Waals surface area (Å²) in [6.45, 7) is 4.56. The predicted molar refractivity (Wildman–Crippen MR) is 71.4 cm³/mol. The third-order valence-electron chi connectivity index (χ3n) is 3.93. The Kier molecular flexibility index (Phi) is 3.86. The molecule has 1 aromatic rings. The molecule has 1 heterocycles. The molecule has 1 saturated carbocycles. The van der Waals surface area contributed by atoms with Crippen LogP contribution in [0.3, 0.4) is 0 Å². The number of anilines is 2. The van der Waals surface area contributed by atoms with Crippen molar-refractivity contribution in [2.75, 3.05) is 17.9 Å². The van der Waals surface area contributed by atoms with Crippen molar-refractivity contribution in [1.29, 1.82) is 0 Å². The molecule has 6 heteroatoms. The van der Waals surface area contributed by atoms with Crippen molar-refractivity contribution in [2.24, 2.45) is 17.7 Å². The predicted octanol–water partition coefficient (Wildman–Crippen LogP) is 1.62. The van der Waals surface area contributed by atoms with E-state index in [0.29, 0.717) is 29.3 Å². The Bertz CT molecular complexity index is 411. The number of hydrogen-bond donors (Lipinski definition) is 3. The number of hydrogen-bond acceptors (Lipinski definition) is 6. The molecule has 0 spiro atoms. The van der Waals surface area contributed by atoms with Gasteiger partial charge in [-0.3, -0.25) is 0 Å². The van der Waals surface area contributed by atoms with Crippen LogP contribution < -0.4 is 21.3 Å². The van der Waals surface area contributed by atoms with E-state index in [1.54, 1.807) is 7.11 Å². The van der Waals surface area contributed by atoms with E-state index in [1.165, 1.54) is 12.7 Å². The highest BCUT2D eigenvalue weighted by atomic mass is 16.5. The van der Waals surface area contributed by atoms with E-state index in [9.17, 15) is 0 Å². The summed E-state index contributed by atoms with van der Waals surface area (Å²) < 4.78 is 5.31. The number of nitrogens with one attached hydrogen (secondary N) is 2. The van der Waals surface area contributed by atoms with Crippen LogP contribution in [0.2, 0.25) is 0 Å². The number of ether oxygens (including phenoxy) is 1. The van der Waals surface area contributed by atoms with E-state index < -0.39 is 0 Å². The zero-order valence-electron chi connectivity index (χ0n) is 11.1. The molecule has 3 atom stereocenters. The molecule has 0 radical (unpaired) electrons. The fourth-order valence-electron chi connectivity index (χ4n) is 2.52. The summed E-state index contributed by atoms with van der Waals surface area (Å²) in [5.74, 6) is 8.52. The number of hydrazine groups is 1. The Morgan fingerprint density at radius 2 is 2.00 bits per heavy atom. The molecule has 4 N–H and O–H groups in total. The standard InChI is InChI=1S/C12H21N5O/c1-7-4-5-9(8(7)2)16-11-10(18-3)12(17-13)15-6-14-11/h6-9H,4-5,13H2,1-3H3,(H2,14,15,16,17). The molecular formula is C12H21N5O. The van der Waals surface area contributed by atoms with E-state index in [0.717, 1.165) is 12.3 Å². The molecule has 0 bridgehead atoms. The van der Waals surface area contributed by atoms with Gasteiger partial charge in [-0.1, -0.05) is 13.8 Å². The zero-order chi connectivity index (χ0) is 13.1. The van der Waals surface area contributed by atoms with Crippen LogP contribution in [0.4, 0.5) is 11.6 Å². The summed E-state index contributed by atoms with van der Waals surface area (Å²) in [5.41, 5.74) is 2.52. The minimum absolute atomic E-state index is 0.425. The molecule has 0 amide bonds. The minimum atomic E-state index is 0.425. The maximum Gasteiger partial charge on any atom is 0.205 e. The van der Waals surface area contributed by atoms with Gasteiger partial charge >= 0.3 is 0 Å². The molecule has 1 fully saturated rings. The van der Waals surface area contributed by atoms with Crippen molar-refractivity contribution < 1.29 is 4.74 Å². The van der Waals surface area contributed by atoms with Crippen LogP contribution in [0.15, 0.2) is 6.33 Å². The highest BCUT2D eigenvalue weighted by Crippen LogP contribution is 2.36. The van der Waals surface area contributed by atoms with Crippen LogP contribution in [0.25, 0.3) is 0 Å². The number of nitrogen functional groups attached to an aromatic ring is 1. The zero-order valence-corrected chi connectivity index (χ0v) is 11.1. The second-order valence-electron chi connectivity index (χ2n) is 4.91. The average molecular weight is 251 g/mol. The van der Waals surface area contributed by atoms with Crippen LogP contribution in [0.5, 0.6) is 5.75 Å². The molecule has 0 aromatic carbocycles. The largest absolute Gasteiger partial charge is 0.490 e. The summed E-state index contributed by atoms with van der Waals surface area (Å²) in [6.07, 6.45) is 3.87. The molecule has 2 rings (SSSR count). The van der Waals surface area contributed by atoms with Crippen molar-refractivity contribution in [2.45, 2.75) is 32.7 Å². The highest BCUT2D eigenvalue weighted by Gasteiger charge is 2.30. The van der Waals surface area contributed by atoms with Crippen molar-refractivity contribution in [3.63, 3.8) is 0 Å². The van der Waals surface area contributed by atoms with E-state index >= 15 is 0 Å². The SMILES string of the molecule is COc1c(NN)ncnc1NC1CCC(C)C1C. The summed E-state index contributed by atoms with van der Waals surface area (Å²) in [7, 11) is 1.59. The van der Waals surface area contributed by atoms with E-state index in [-0.39, 0.29) is 0 Å². The lowest BCUT2D eigenvalue weighted by molar-refractivity contribution is 0.409. The molecule has 100 valence electrons. The van der Waals surface area contributed by atoms with Crippen LogP contribution >= 0.6 is 0 Å². The first-order valence-electron chi connectivity index (χ1n) is 6.29. The molecule has 1 aliphatic rings. The van der Waals surface area contributed by atoms with Gasteiger partial charge in [0.25, 0.3) is 0 Å². The van der Waals surface area contributed by atoms with Crippen molar-refractivity contribution in [3.05, 3.63) is 6.33 Å². The molecule has 3 unspecified atom stereocenters. The van der Waals surface area contributed by atoms with Gasteiger partial charge in [-0.2, -0.15) is 0 Å². The van der Waals surface area contributed by atoms with Crippen LogP contribution in [-0.2, 0) is 0 Å². The third-order valence-corrected chi connectivity index (χ3v) is 3.93. The minimum Gasteiger partial charge on any atom is -0.490 e. The van der Waals surface area contributed by atoms with Gasteiger partial charge in [0.1, 0.15) is 6.33 Å². The summed E-state index contributed by atoms with van der Waals surface area (Å²) in [5, 5.41) is 3.44. The first-order chi connectivity index (χ1) is 8.67. The lowest BCUT2D eigenvalue weighted by atomic mass is 9.98. The van der Waals surface area contributed by atoms with Crippen LogP contribution in [0, 0.1) is 11.8 Å². The third kappa shape index (κ3) is 2.33. The fraction of sp³-hybridized carbons (Fsp3) is 0.667. The van der Waals surface area contributed by atoms with Crippen LogP contribution in [0.1, 0.15) is 26.7 Å². The van der Waals surface area contributed by atoms with Crippen molar-refractivity contribution in [3.8, 4) is 5.75 Å². The summed E-state index contributed by atoms with van der Waals surface area (Å²) in [6, 6.07) is 0.425. The fourth-order valence-corrected chi connectivity index (χ4v) is 2.52. The van der Waals surface area contributed by atoms with E-state index in [4.69, 9.17) is 10.6 Å². The Balaban J connectivity index is 2.19. The smallest absolute Gasteiger partial charge is 0.205 e. The topological polar surface area (TPSA) is 85.1 Å². The maximum atomic E-state index is 5.40. The second kappa shape index (κ2) is 5.39. The first kappa shape index (κ1) is 12.9. The van der Waals surface area contributed by atoms with Crippen LogP contribution in [-0.4, -0.2) is 23.1 Å². The Morgan fingerprint density at radius 1 is 1.28 bits per heavy atom. The quantitative estimate of drug-likeness (QED) is 0.557. The number of methoxy groups -OCH3 is 1. The van der Waals surface area contributed by atoms with E-state index in [1.807, 2.05) is 0 Å². The Hall–Kier alpha value is -1.56. The van der Waals surface area contributed by atoms with Gasteiger partial charge in [-0.05, 0) is 24.7 Å². The number of nitrogens with zero attached hydrogens (tertiary/aromatic N) is 2. The van der Waals surface area contributed by atoms with Gasteiger partial charge in [-0.25, -0.2) is 15.8 Å². The van der Waals surface area contributed by atoms with Gasteiger partial charge < -0.3 is 15.5 Å². The maximum absolute atomic E-state index is 5.40. The molecule has 0 aliphatic heterocycles. The second-order valence-corrected chi connectivity index (χ2v) is 4.91. The Morgan fingerprint density at radius 3 is 2.56 bits per heavy atom. The average Bonchev–Trinajstić information content (AvgIpc) is 2.70. The molecule has 1 aliphatic carbocycles. The number of aromatic nitrogens is 2.